The number of hydrogen-bond acceptors (Lipinski definition) is 2. The molecule has 0 amide bonds. The van der Waals surface area contributed by atoms with Gasteiger partial charge in [-0.2, -0.15) is 0 Å². The molecule has 100 valence electrons. The maximum Gasteiger partial charge on any atom is 0.123 e. The first kappa shape index (κ1) is 13.6. The molecule has 0 fully saturated rings. The van der Waals surface area contributed by atoms with Gasteiger partial charge in [-0.3, -0.25) is 0 Å². The van der Waals surface area contributed by atoms with Crippen LogP contribution in [0.5, 0.6) is 0 Å². The summed E-state index contributed by atoms with van der Waals surface area (Å²) >= 11 is 0. The molecule has 2 aromatic carbocycles. The smallest absolute Gasteiger partial charge is 0.123 e. The van der Waals surface area contributed by atoms with Crippen molar-refractivity contribution in [2.24, 2.45) is 5.73 Å². The zero-order valence-corrected chi connectivity index (χ0v) is 11.3. The molecule has 0 saturated carbocycles. The van der Waals surface area contributed by atoms with Gasteiger partial charge < -0.3 is 11.1 Å². The average Bonchev–Trinajstić information content (AvgIpc) is 2.39. The van der Waals surface area contributed by atoms with E-state index in [4.69, 9.17) is 5.73 Å². The molecular formula is C16H19FN2. The molecule has 1 atom stereocenters. The topological polar surface area (TPSA) is 38.0 Å². The van der Waals surface area contributed by atoms with Crippen molar-refractivity contribution in [2.75, 3.05) is 11.9 Å². The van der Waals surface area contributed by atoms with E-state index < -0.39 is 0 Å². The number of nitrogens with one attached hydrogen (secondary N) is 1. The summed E-state index contributed by atoms with van der Waals surface area (Å²) in [5, 5.41) is 3.36. The molecule has 2 rings (SSSR count). The molecular weight excluding hydrogens is 239 g/mol. The summed E-state index contributed by atoms with van der Waals surface area (Å²) in [6.45, 7) is 4.65. The Morgan fingerprint density at radius 2 is 1.63 bits per heavy atom. The van der Waals surface area contributed by atoms with Gasteiger partial charge in [0.1, 0.15) is 5.82 Å². The number of halogens is 1. The molecule has 1 unspecified atom stereocenters. The Kier molecular flexibility index (Phi) is 4.17. The second kappa shape index (κ2) is 5.85. The van der Waals surface area contributed by atoms with Crippen molar-refractivity contribution in [3.8, 4) is 0 Å². The van der Waals surface area contributed by atoms with Crippen molar-refractivity contribution in [2.45, 2.75) is 19.9 Å². The molecule has 3 heteroatoms. The van der Waals surface area contributed by atoms with Crippen molar-refractivity contribution in [3.63, 3.8) is 0 Å². The number of hydrogen-bond donors (Lipinski definition) is 2. The van der Waals surface area contributed by atoms with Gasteiger partial charge in [-0.05, 0) is 54.8 Å². The number of aryl methyl sites for hydroxylation is 2. The number of rotatable bonds is 4. The second-order valence-corrected chi connectivity index (χ2v) is 4.75. The van der Waals surface area contributed by atoms with E-state index in [1.165, 1.54) is 28.8 Å². The first-order chi connectivity index (χ1) is 9.11. The molecule has 2 nitrogen and oxygen atoms in total. The van der Waals surface area contributed by atoms with E-state index in [0.717, 1.165) is 5.69 Å². The van der Waals surface area contributed by atoms with Crippen molar-refractivity contribution in [1.82, 2.24) is 0 Å². The third-order valence-electron chi connectivity index (χ3n) is 3.31. The quantitative estimate of drug-likeness (QED) is 0.880. The Labute approximate surface area is 113 Å². The Hall–Kier alpha value is -1.87. The maximum absolute atomic E-state index is 12.9. The lowest BCUT2D eigenvalue weighted by molar-refractivity contribution is 0.628. The summed E-state index contributed by atoms with van der Waals surface area (Å²) in [5.41, 5.74) is 10.4. The third kappa shape index (κ3) is 3.12. The van der Waals surface area contributed by atoms with Crippen molar-refractivity contribution in [3.05, 3.63) is 65.0 Å². The van der Waals surface area contributed by atoms with Gasteiger partial charge in [0.15, 0.2) is 0 Å². The minimum Gasteiger partial charge on any atom is -0.377 e. The van der Waals surface area contributed by atoms with Crippen LogP contribution in [0.1, 0.15) is 22.7 Å². The standard InChI is InChI=1S/C16H19FN2/c1-11-4-3-5-12(2)16(11)15(10-18)19-14-8-6-13(17)7-9-14/h3-9,15,19H,10,18H2,1-2H3. The highest BCUT2D eigenvalue weighted by molar-refractivity contribution is 5.48. The largest absolute Gasteiger partial charge is 0.377 e. The minimum absolute atomic E-state index is 0.0339. The van der Waals surface area contributed by atoms with Crippen LogP contribution in [0.25, 0.3) is 0 Å². The Balaban J connectivity index is 2.27. The van der Waals surface area contributed by atoms with E-state index in [1.807, 2.05) is 6.07 Å². The summed E-state index contributed by atoms with van der Waals surface area (Å²) in [5.74, 6) is -0.234. The minimum atomic E-state index is -0.234. The highest BCUT2D eigenvalue weighted by Gasteiger charge is 2.14. The fraction of sp³-hybridized carbons (Fsp3) is 0.250. The molecule has 3 N–H and O–H groups in total. The van der Waals surface area contributed by atoms with Crippen LogP contribution in [-0.2, 0) is 0 Å². The van der Waals surface area contributed by atoms with Crippen LogP contribution in [0.2, 0.25) is 0 Å². The Morgan fingerprint density at radius 1 is 1.05 bits per heavy atom. The van der Waals surface area contributed by atoms with Crippen molar-refractivity contribution >= 4 is 5.69 Å². The van der Waals surface area contributed by atoms with Crippen LogP contribution in [0, 0.1) is 19.7 Å². The number of benzene rings is 2. The molecule has 0 heterocycles. The molecule has 0 saturated heterocycles. The van der Waals surface area contributed by atoms with Gasteiger partial charge in [-0.1, -0.05) is 18.2 Å². The van der Waals surface area contributed by atoms with Gasteiger partial charge in [0.25, 0.3) is 0 Å². The number of anilines is 1. The maximum atomic E-state index is 12.9. The molecule has 19 heavy (non-hydrogen) atoms. The normalized spacial score (nSPS) is 12.2. The lowest BCUT2D eigenvalue weighted by Gasteiger charge is -2.22. The van der Waals surface area contributed by atoms with E-state index in [1.54, 1.807) is 12.1 Å². The summed E-state index contributed by atoms with van der Waals surface area (Å²) in [6.07, 6.45) is 0. The van der Waals surface area contributed by atoms with Crippen molar-refractivity contribution in [1.29, 1.82) is 0 Å². The van der Waals surface area contributed by atoms with E-state index in [0.29, 0.717) is 6.54 Å². The fourth-order valence-electron chi connectivity index (χ4n) is 2.37. The first-order valence-corrected chi connectivity index (χ1v) is 6.40. The monoisotopic (exact) mass is 258 g/mol. The summed E-state index contributed by atoms with van der Waals surface area (Å²) in [7, 11) is 0. The van der Waals surface area contributed by atoms with E-state index >= 15 is 0 Å². The van der Waals surface area contributed by atoms with Gasteiger partial charge in [0.2, 0.25) is 0 Å². The van der Waals surface area contributed by atoms with Crippen LogP contribution in [0.15, 0.2) is 42.5 Å². The molecule has 2 aromatic rings. The highest BCUT2D eigenvalue weighted by atomic mass is 19.1. The molecule has 0 radical (unpaired) electrons. The summed E-state index contributed by atoms with van der Waals surface area (Å²) < 4.78 is 12.9. The molecule has 0 aromatic heterocycles. The zero-order valence-electron chi connectivity index (χ0n) is 11.3. The molecule has 0 aliphatic carbocycles. The molecule has 0 bridgehead atoms. The van der Waals surface area contributed by atoms with Gasteiger partial charge in [-0.25, -0.2) is 4.39 Å². The first-order valence-electron chi connectivity index (χ1n) is 6.40. The van der Waals surface area contributed by atoms with E-state index in [2.05, 4.69) is 31.3 Å². The van der Waals surface area contributed by atoms with Gasteiger partial charge in [0.05, 0.1) is 6.04 Å². The van der Waals surface area contributed by atoms with Crippen LogP contribution < -0.4 is 11.1 Å². The zero-order chi connectivity index (χ0) is 13.8. The molecule has 0 aliphatic heterocycles. The lowest BCUT2D eigenvalue weighted by atomic mass is 9.96. The third-order valence-corrected chi connectivity index (χ3v) is 3.31. The Morgan fingerprint density at radius 3 is 2.16 bits per heavy atom. The SMILES string of the molecule is Cc1cccc(C)c1C(CN)Nc1ccc(F)cc1. The predicted octanol–water partition coefficient (Wildman–Crippen LogP) is 3.55. The van der Waals surface area contributed by atoms with E-state index in [9.17, 15) is 4.39 Å². The van der Waals surface area contributed by atoms with E-state index in [-0.39, 0.29) is 11.9 Å². The van der Waals surface area contributed by atoms with Crippen LogP contribution in [-0.4, -0.2) is 6.54 Å². The van der Waals surface area contributed by atoms with Gasteiger partial charge in [-0.15, -0.1) is 0 Å². The van der Waals surface area contributed by atoms with Crippen LogP contribution >= 0.6 is 0 Å². The number of nitrogens with two attached hydrogens (primary N) is 1. The van der Waals surface area contributed by atoms with Crippen LogP contribution in [0.3, 0.4) is 0 Å². The highest BCUT2D eigenvalue weighted by Crippen LogP contribution is 2.25. The average molecular weight is 258 g/mol. The lowest BCUT2D eigenvalue weighted by Crippen LogP contribution is -2.22. The van der Waals surface area contributed by atoms with Crippen molar-refractivity contribution < 1.29 is 4.39 Å². The summed E-state index contributed by atoms with van der Waals surface area (Å²) in [4.78, 5) is 0. The van der Waals surface area contributed by atoms with Crippen LogP contribution in [0.4, 0.5) is 10.1 Å². The fourth-order valence-corrected chi connectivity index (χ4v) is 2.37. The molecule has 0 aliphatic rings. The molecule has 0 spiro atoms. The van der Waals surface area contributed by atoms with Gasteiger partial charge >= 0.3 is 0 Å². The summed E-state index contributed by atoms with van der Waals surface area (Å²) in [6, 6.07) is 12.6. The second-order valence-electron chi connectivity index (χ2n) is 4.75. The predicted molar refractivity (Wildman–Crippen MR) is 77.7 cm³/mol. The Bertz CT molecular complexity index is 529. The van der Waals surface area contributed by atoms with Gasteiger partial charge in [0, 0.05) is 12.2 Å².